The van der Waals surface area contributed by atoms with Crippen LogP contribution in [0.4, 0.5) is 5.69 Å². The van der Waals surface area contributed by atoms with Crippen LogP contribution >= 0.6 is 0 Å². The fourth-order valence-electron chi connectivity index (χ4n) is 1.60. The van der Waals surface area contributed by atoms with E-state index in [0.717, 1.165) is 18.8 Å². The van der Waals surface area contributed by atoms with Gasteiger partial charge in [0.25, 0.3) is 0 Å². The average Bonchev–Trinajstić information content (AvgIpc) is 2.19. The van der Waals surface area contributed by atoms with E-state index < -0.39 is 9.84 Å². The minimum absolute atomic E-state index is 0.411. The zero-order chi connectivity index (χ0) is 11.5. The molecule has 0 aliphatic heterocycles. The SMILES string of the molecule is CCN(CC)c1ccccc1S(C)(=O)=O. The Hall–Kier alpha value is -1.03. The Morgan fingerprint density at radius 2 is 1.67 bits per heavy atom. The van der Waals surface area contributed by atoms with Crippen LogP contribution in [0.25, 0.3) is 0 Å². The van der Waals surface area contributed by atoms with Gasteiger partial charge in [0.15, 0.2) is 9.84 Å². The third-order valence-corrected chi connectivity index (χ3v) is 3.51. The van der Waals surface area contributed by atoms with Crippen LogP contribution in [-0.2, 0) is 9.84 Å². The molecule has 0 fully saturated rings. The molecule has 0 unspecified atom stereocenters. The largest absolute Gasteiger partial charge is 0.371 e. The van der Waals surface area contributed by atoms with E-state index in [1.54, 1.807) is 12.1 Å². The monoisotopic (exact) mass is 227 g/mol. The second-order valence-electron chi connectivity index (χ2n) is 3.41. The Morgan fingerprint density at radius 3 is 2.13 bits per heavy atom. The molecule has 4 heteroatoms. The van der Waals surface area contributed by atoms with E-state index in [-0.39, 0.29) is 0 Å². The van der Waals surface area contributed by atoms with E-state index in [0.29, 0.717) is 4.90 Å². The van der Waals surface area contributed by atoms with Crippen LogP contribution < -0.4 is 4.90 Å². The molecule has 1 aromatic rings. The van der Waals surface area contributed by atoms with Crippen molar-refractivity contribution in [3.8, 4) is 0 Å². The Morgan fingerprint density at radius 1 is 1.13 bits per heavy atom. The summed E-state index contributed by atoms with van der Waals surface area (Å²) in [6.07, 6.45) is 1.25. The summed E-state index contributed by atoms with van der Waals surface area (Å²) >= 11 is 0. The summed E-state index contributed by atoms with van der Waals surface area (Å²) in [7, 11) is -3.14. The Kier molecular flexibility index (Phi) is 3.74. The summed E-state index contributed by atoms with van der Waals surface area (Å²) in [6.45, 7) is 5.65. The van der Waals surface area contributed by atoms with Crippen molar-refractivity contribution in [2.45, 2.75) is 18.7 Å². The zero-order valence-corrected chi connectivity index (χ0v) is 10.2. The van der Waals surface area contributed by atoms with Crippen LogP contribution in [0.2, 0.25) is 0 Å². The summed E-state index contributed by atoms with van der Waals surface area (Å²) in [5.41, 5.74) is 0.796. The van der Waals surface area contributed by atoms with Gasteiger partial charge < -0.3 is 4.90 Å². The first kappa shape index (κ1) is 12.0. The van der Waals surface area contributed by atoms with E-state index in [9.17, 15) is 8.42 Å². The minimum Gasteiger partial charge on any atom is -0.371 e. The van der Waals surface area contributed by atoms with Crippen molar-refractivity contribution in [2.24, 2.45) is 0 Å². The molecule has 0 heterocycles. The Labute approximate surface area is 91.6 Å². The fourth-order valence-corrected chi connectivity index (χ4v) is 2.50. The number of rotatable bonds is 4. The number of para-hydroxylation sites is 1. The van der Waals surface area contributed by atoms with Gasteiger partial charge in [-0.2, -0.15) is 0 Å². The molecule has 0 saturated heterocycles. The first-order valence-electron chi connectivity index (χ1n) is 5.04. The molecule has 0 spiro atoms. The highest BCUT2D eigenvalue weighted by molar-refractivity contribution is 7.90. The summed E-state index contributed by atoms with van der Waals surface area (Å²) in [5, 5.41) is 0. The molecule has 3 nitrogen and oxygen atoms in total. The topological polar surface area (TPSA) is 37.4 Å². The fraction of sp³-hybridized carbons (Fsp3) is 0.455. The predicted molar refractivity (Wildman–Crippen MR) is 63.1 cm³/mol. The van der Waals surface area contributed by atoms with Crippen LogP contribution in [0.15, 0.2) is 29.2 Å². The van der Waals surface area contributed by atoms with Gasteiger partial charge in [0, 0.05) is 19.3 Å². The lowest BCUT2D eigenvalue weighted by atomic mass is 10.3. The lowest BCUT2D eigenvalue weighted by Crippen LogP contribution is -2.23. The second-order valence-corrected chi connectivity index (χ2v) is 5.40. The van der Waals surface area contributed by atoms with Crippen molar-refractivity contribution in [3.63, 3.8) is 0 Å². The van der Waals surface area contributed by atoms with Crippen molar-refractivity contribution >= 4 is 15.5 Å². The van der Waals surface area contributed by atoms with Gasteiger partial charge in [-0.1, -0.05) is 12.1 Å². The molecule has 0 aliphatic rings. The highest BCUT2D eigenvalue weighted by Gasteiger charge is 2.15. The van der Waals surface area contributed by atoms with Crippen molar-refractivity contribution < 1.29 is 8.42 Å². The molecule has 0 saturated carbocycles. The molecule has 0 N–H and O–H groups in total. The van der Waals surface area contributed by atoms with Gasteiger partial charge in [0.05, 0.1) is 10.6 Å². The molecule has 0 aromatic heterocycles. The molecule has 0 atom stereocenters. The first-order chi connectivity index (χ1) is 7.00. The highest BCUT2D eigenvalue weighted by Crippen LogP contribution is 2.24. The Balaban J connectivity index is 3.29. The number of hydrogen-bond donors (Lipinski definition) is 0. The third kappa shape index (κ3) is 2.72. The first-order valence-corrected chi connectivity index (χ1v) is 6.93. The lowest BCUT2D eigenvalue weighted by Gasteiger charge is -2.23. The van der Waals surface area contributed by atoms with Crippen LogP contribution in [0, 0.1) is 0 Å². The number of hydrogen-bond acceptors (Lipinski definition) is 3. The number of nitrogens with zero attached hydrogens (tertiary/aromatic N) is 1. The van der Waals surface area contributed by atoms with Crippen LogP contribution in [0.3, 0.4) is 0 Å². The van der Waals surface area contributed by atoms with Gasteiger partial charge in [-0.3, -0.25) is 0 Å². The van der Waals surface area contributed by atoms with Gasteiger partial charge >= 0.3 is 0 Å². The van der Waals surface area contributed by atoms with Crippen molar-refractivity contribution in [1.29, 1.82) is 0 Å². The van der Waals surface area contributed by atoms with Crippen LogP contribution in [-0.4, -0.2) is 27.8 Å². The van der Waals surface area contributed by atoms with Gasteiger partial charge in [0.2, 0.25) is 0 Å². The normalized spacial score (nSPS) is 11.4. The maximum absolute atomic E-state index is 11.6. The summed E-state index contributed by atoms with van der Waals surface area (Å²) in [4.78, 5) is 2.45. The van der Waals surface area contributed by atoms with E-state index in [4.69, 9.17) is 0 Å². The second kappa shape index (κ2) is 4.66. The van der Waals surface area contributed by atoms with E-state index in [1.165, 1.54) is 6.26 Å². The molecule has 0 aliphatic carbocycles. The molecule has 1 rings (SSSR count). The standard InChI is InChI=1S/C11H17NO2S/c1-4-12(5-2)10-8-6-7-9-11(10)15(3,13)14/h6-9H,4-5H2,1-3H3. The van der Waals surface area contributed by atoms with Crippen molar-refractivity contribution in [2.75, 3.05) is 24.2 Å². The van der Waals surface area contributed by atoms with Gasteiger partial charge in [-0.15, -0.1) is 0 Å². The predicted octanol–water partition coefficient (Wildman–Crippen LogP) is 1.94. The smallest absolute Gasteiger partial charge is 0.177 e. The summed E-state index contributed by atoms with van der Waals surface area (Å²) in [6, 6.07) is 7.12. The molecular weight excluding hydrogens is 210 g/mol. The molecule has 0 radical (unpaired) electrons. The lowest BCUT2D eigenvalue weighted by molar-refractivity contribution is 0.601. The van der Waals surface area contributed by atoms with Gasteiger partial charge in [0.1, 0.15) is 0 Å². The van der Waals surface area contributed by atoms with Crippen LogP contribution in [0.1, 0.15) is 13.8 Å². The van der Waals surface area contributed by atoms with Crippen LogP contribution in [0.5, 0.6) is 0 Å². The van der Waals surface area contributed by atoms with E-state index >= 15 is 0 Å². The molecule has 1 aromatic carbocycles. The average molecular weight is 227 g/mol. The van der Waals surface area contributed by atoms with E-state index in [2.05, 4.69) is 0 Å². The maximum Gasteiger partial charge on any atom is 0.177 e. The van der Waals surface area contributed by atoms with Crippen molar-refractivity contribution in [1.82, 2.24) is 0 Å². The molecule has 0 bridgehead atoms. The number of sulfone groups is 1. The van der Waals surface area contributed by atoms with Gasteiger partial charge in [-0.25, -0.2) is 8.42 Å². The molecule has 0 amide bonds. The minimum atomic E-state index is -3.14. The van der Waals surface area contributed by atoms with E-state index in [1.807, 2.05) is 30.9 Å². The summed E-state index contributed by atoms with van der Waals surface area (Å²) in [5.74, 6) is 0. The maximum atomic E-state index is 11.6. The zero-order valence-electron chi connectivity index (χ0n) is 9.40. The van der Waals surface area contributed by atoms with Gasteiger partial charge in [-0.05, 0) is 26.0 Å². The molecule has 84 valence electrons. The van der Waals surface area contributed by atoms with Crippen molar-refractivity contribution in [3.05, 3.63) is 24.3 Å². The molecule has 15 heavy (non-hydrogen) atoms. The summed E-state index contributed by atoms with van der Waals surface area (Å²) < 4.78 is 23.1. The molecular formula is C11H17NO2S. The quantitative estimate of drug-likeness (QED) is 0.789. The number of anilines is 1. The highest BCUT2D eigenvalue weighted by atomic mass is 32.2. The third-order valence-electron chi connectivity index (χ3n) is 2.37. The number of benzene rings is 1. The Bertz CT molecular complexity index is 422.